The normalized spacial score (nSPS) is 24.2. The van der Waals surface area contributed by atoms with E-state index in [-0.39, 0.29) is 24.4 Å². The lowest BCUT2D eigenvalue weighted by atomic mass is 9.87. The molecule has 0 aliphatic carbocycles. The summed E-state index contributed by atoms with van der Waals surface area (Å²) in [4.78, 5) is 26.6. The van der Waals surface area contributed by atoms with Crippen LogP contribution in [0.25, 0.3) is 0 Å². The smallest absolute Gasteiger partial charge is 0.231 e. The molecule has 1 fully saturated rings. The summed E-state index contributed by atoms with van der Waals surface area (Å²) >= 11 is 0. The Hall–Kier alpha value is -2.04. The van der Waals surface area contributed by atoms with E-state index in [0.717, 1.165) is 11.1 Å². The lowest BCUT2D eigenvalue weighted by Gasteiger charge is -2.21. The maximum Gasteiger partial charge on any atom is 0.231 e. The summed E-state index contributed by atoms with van der Waals surface area (Å²) in [6.45, 7) is 1.43. The first-order valence-corrected chi connectivity index (χ1v) is 7.45. The van der Waals surface area contributed by atoms with Gasteiger partial charge >= 0.3 is 0 Å². The molecule has 0 spiro atoms. The van der Waals surface area contributed by atoms with Crippen LogP contribution in [0.5, 0.6) is 11.5 Å². The summed E-state index contributed by atoms with van der Waals surface area (Å²) in [5.74, 6) is 1.70. The van der Waals surface area contributed by atoms with Crippen LogP contribution in [0.15, 0.2) is 12.1 Å². The first-order valence-electron chi connectivity index (χ1n) is 7.45. The zero-order valence-electron chi connectivity index (χ0n) is 11.8. The summed E-state index contributed by atoms with van der Waals surface area (Å²) in [5, 5.41) is 0. The van der Waals surface area contributed by atoms with Crippen LogP contribution in [0.4, 0.5) is 0 Å². The molecule has 0 unspecified atom stereocenters. The average molecular weight is 287 g/mol. The number of ether oxygens (including phenoxy) is 2. The van der Waals surface area contributed by atoms with Gasteiger partial charge in [0.05, 0.1) is 0 Å². The number of amides is 1. The highest BCUT2D eigenvalue weighted by Gasteiger charge is 2.32. The summed E-state index contributed by atoms with van der Waals surface area (Å²) in [6.07, 6.45) is 2.32. The van der Waals surface area contributed by atoms with E-state index in [1.165, 1.54) is 0 Å². The van der Waals surface area contributed by atoms with E-state index in [1.54, 1.807) is 0 Å². The number of ketones is 1. The number of carbonyl (C=O) groups excluding carboxylic acids is 2. The lowest BCUT2D eigenvalue weighted by Crippen LogP contribution is -2.30. The molecule has 1 atom stereocenters. The van der Waals surface area contributed by atoms with Gasteiger partial charge in [0.15, 0.2) is 11.5 Å². The Bertz CT molecular complexity index is 625. The van der Waals surface area contributed by atoms with E-state index in [2.05, 4.69) is 0 Å². The molecular weight excluding hydrogens is 270 g/mol. The Morgan fingerprint density at radius 3 is 2.76 bits per heavy atom. The van der Waals surface area contributed by atoms with Gasteiger partial charge in [0.2, 0.25) is 12.7 Å². The van der Waals surface area contributed by atoms with Crippen molar-refractivity contribution in [3.05, 3.63) is 23.3 Å². The quantitative estimate of drug-likeness (QED) is 0.732. The molecule has 0 radical (unpaired) electrons. The van der Waals surface area contributed by atoms with Gasteiger partial charge in [0.25, 0.3) is 0 Å². The summed E-state index contributed by atoms with van der Waals surface area (Å²) in [5.41, 5.74) is 2.03. The molecule has 4 rings (SSSR count). The van der Waals surface area contributed by atoms with E-state index in [9.17, 15) is 9.59 Å². The van der Waals surface area contributed by atoms with Crippen LogP contribution in [-0.4, -0.2) is 29.9 Å². The molecular formula is C16H17NO4. The molecule has 1 saturated heterocycles. The minimum absolute atomic E-state index is 0.120. The molecule has 0 saturated carbocycles. The Morgan fingerprint density at radius 1 is 1.10 bits per heavy atom. The number of carbonyl (C=O) groups is 2. The molecule has 1 aromatic rings. The van der Waals surface area contributed by atoms with Crippen LogP contribution in [0.2, 0.25) is 0 Å². The Labute approximate surface area is 122 Å². The van der Waals surface area contributed by atoms with Crippen molar-refractivity contribution < 1.29 is 19.1 Å². The molecule has 5 heteroatoms. The second kappa shape index (κ2) is 4.76. The van der Waals surface area contributed by atoms with E-state index < -0.39 is 0 Å². The number of rotatable bonds is 0. The van der Waals surface area contributed by atoms with Gasteiger partial charge in [-0.2, -0.15) is 0 Å². The Balaban J connectivity index is 1.84. The lowest BCUT2D eigenvalue weighted by molar-refractivity contribution is -0.131. The van der Waals surface area contributed by atoms with Crippen LogP contribution >= 0.6 is 0 Å². The number of Topliss-reactive ketones (excluding diaryl/α,β-unsaturated/α-hetero) is 1. The summed E-state index contributed by atoms with van der Waals surface area (Å²) in [6, 6.07) is 3.88. The second-order valence-electron chi connectivity index (χ2n) is 5.88. The Morgan fingerprint density at radius 2 is 1.90 bits per heavy atom. The van der Waals surface area contributed by atoms with E-state index in [4.69, 9.17) is 9.47 Å². The zero-order chi connectivity index (χ0) is 14.4. The second-order valence-corrected chi connectivity index (χ2v) is 5.88. The number of hydrogen-bond donors (Lipinski definition) is 0. The first-order chi connectivity index (χ1) is 10.2. The highest BCUT2D eigenvalue weighted by atomic mass is 16.7. The topological polar surface area (TPSA) is 55.8 Å². The molecule has 2 bridgehead atoms. The number of fused-ring (bicyclic) bond motifs is 6. The third-order valence-electron chi connectivity index (χ3n) is 4.61. The standard InChI is InChI=1S/C16H17NO4/c18-13-2-1-3-16(19)17-5-4-11(13)12-7-15-14(20-9-21-15)6-10(12)8-17/h6-7,11H,1-5,8-9H2/t11-/m0/s1. The maximum absolute atomic E-state index is 12.5. The summed E-state index contributed by atoms with van der Waals surface area (Å²) < 4.78 is 10.9. The van der Waals surface area contributed by atoms with Crippen LogP contribution in [0.3, 0.4) is 0 Å². The predicted molar refractivity (Wildman–Crippen MR) is 74.2 cm³/mol. The number of hydrogen-bond acceptors (Lipinski definition) is 4. The fraction of sp³-hybridized carbons (Fsp3) is 0.500. The van der Waals surface area contributed by atoms with Gasteiger partial charge in [0.1, 0.15) is 5.78 Å². The molecule has 3 heterocycles. The van der Waals surface area contributed by atoms with Gasteiger partial charge in [0, 0.05) is 31.8 Å². The van der Waals surface area contributed by atoms with Gasteiger partial charge in [-0.15, -0.1) is 0 Å². The fourth-order valence-corrected chi connectivity index (χ4v) is 3.48. The molecule has 21 heavy (non-hydrogen) atoms. The third kappa shape index (κ3) is 2.07. The van der Waals surface area contributed by atoms with Crippen molar-refractivity contribution in [2.45, 2.75) is 38.1 Å². The van der Waals surface area contributed by atoms with Crippen molar-refractivity contribution >= 4 is 11.7 Å². The van der Waals surface area contributed by atoms with Gasteiger partial charge in [-0.05, 0) is 36.1 Å². The largest absolute Gasteiger partial charge is 0.454 e. The molecule has 3 aliphatic heterocycles. The predicted octanol–water partition coefficient (Wildman–Crippen LogP) is 1.98. The first kappa shape index (κ1) is 12.7. The molecule has 1 amide bonds. The van der Waals surface area contributed by atoms with Crippen LogP contribution in [0.1, 0.15) is 42.7 Å². The van der Waals surface area contributed by atoms with Crippen LogP contribution in [-0.2, 0) is 16.1 Å². The van der Waals surface area contributed by atoms with E-state index in [0.29, 0.717) is 50.3 Å². The van der Waals surface area contributed by atoms with Crippen molar-refractivity contribution in [2.75, 3.05) is 13.3 Å². The molecule has 0 N–H and O–H groups in total. The highest BCUT2D eigenvalue weighted by molar-refractivity contribution is 5.88. The van der Waals surface area contributed by atoms with E-state index in [1.807, 2.05) is 17.0 Å². The van der Waals surface area contributed by atoms with Crippen molar-refractivity contribution in [2.24, 2.45) is 0 Å². The fourth-order valence-electron chi connectivity index (χ4n) is 3.48. The van der Waals surface area contributed by atoms with Gasteiger partial charge in [-0.25, -0.2) is 0 Å². The molecule has 1 aromatic carbocycles. The van der Waals surface area contributed by atoms with Gasteiger partial charge < -0.3 is 14.4 Å². The van der Waals surface area contributed by atoms with Gasteiger partial charge in [-0.1, -0.05) is 0 Å². The van der Waals surface area contributed by atoms with Crippen LogP contribution < -0.4 is 9.47 Å². The number of nitrogens with zero attached hydrogens (tertiary/aromatic N) is 1. The molecule has 110 valence electrons. The highest BCUT2D eigenvalue weighted by Crippen LogP contribution is 2.41. The van der Waals surface area contributed by atoms with E-state index >= 15 is 0 Å². The molecule has 3 aliphatic rings. The number of benzene rings is 1. The minimum atomic E-state index is -0.120. The maximum atomic E-state index is 12.5. The van der Waals surface area contributed by atoms with Crippen LogP contribution in [0, 0.1) is 0 Å². The zero-order valence-corrected chi connectivity index (χ0v) is 11.8. The van der Waals surface area contributed by atoms with Crippen molar-refractivity contribution in [3.63, 3.8) is 0 Å². The average Bonchev–Trinajstić information content (AvgIpc) is 2.85. The monoisotopic (exact) mass is 287 g/mol. The minimum Gasteiger partial charge on any atom is -0.454 e. The summed E-state index contributed by atoms with van der Waals surface area (Å²) in [7, 11) is 0. The van der Waals surface area contributed by atoms with Crippen molar-refractivity contribution in [3.8, 4) is 11.5 Å². The molecule has 5 nitrogen and oxygen atoms in total. The molecule has 0 aromatic heterocycles. The van der Waals surface area contributed by atoms with Crippen molar-refractivity contribution in [1.29, 1.82) is 0 Å². The van der Waals surface area contributed by atoms with Crippen molar-refractivity contribution in [1.82, 2.24) is 4.90 Å². The SMILES string of the molecule is O=C1CCCC(=O)N2CC[C@H]1c1cc3c(cc1C2)OCO3. The third-order valence-corrected chi connectivity index (χ3v) is 4.61. The van der Waals surface area contributed by atoms with Gasteiger partial charge in [-0.3, -0.25) is 9.59 Å². The Kier molecular flexibility index (Phi) is 2.87.